The van der Waals surface area contributed by atoms with Gasteiger partial charge in [-0.15, -0.1) is 0 Å². The van der Waals surface area contributed by atoms with Gasteiger partial charge in [-0.3, -0.25) is 4.99 Å². The molecule has 1 atom stereocenters. The minimum absolute atomic E-state index is 0.210. The van der Waals surface area contributed by atoms with Crippen molar-refractivity contribution >= 4 is 39.5 Å². The second-order valence-electron chi connectivity index (χ2n) is 2.98. The van der Waals surface area contributed by atoms with E-state index in [9.17, 15) is 0 Å². The average Bonchev–Trinajstić information content (AvgIpc) is 2.60. The lowest BCUT2D eigenvalue weighted by Crippen LogP contribution is -1.93. The van der Waals surface area contributed by atoms with Crippen LogP contribution in [0.4, 0.5) is 0 Å². The third-order valence-electron chi connectivity index (χ3n) is 2.19. The Hall–Kier alpha value is -0.540. The predicted octanol–water partition coefficient (Wildman–Crippen LogP) is 3.26. The van der Waals surface area contributed by atoms with Gasteiger partial charge in [0.2, 0.25) is 0 Å². The van der Waals surface area contributed by atoms with Gasteiger partial charge in [-0.2, -0.15) is 0 Å². The Kier molecular flexibility index (Phi) is 1.64. The zero-order valence-electron chi connectivity index (χ0n) is 6.70. The number of nitrogens with zero attached hydrogens (tertiary/aromatic N) is 1. The van der Waals surface area contributed by atoms with Crippen LogP contribution in [0.1, 0.15) is 11.1 Å². The zero-order chi connectivity index (χ0) is 8.84. The molecule has 1 nitrogen and oxygen atoms in total. The maximum absolute atomic E-state index is 4.52. The van der Waals surface area contributed by atoms with E-state index in [2.05, 4.69) is 51.3 Å². The van der Waals surface area contributed by atoms with Gasteiger partial charge in [0, 0.05) is 10.5 Å². The molecular weight excluding hydrogens is 246 g/mol. The van der Waals surface area contributed by atoms with Crippen LogP contribution in [0, 0.1) is 0 Å². The Balaban J connectivity index is 2.22. The molecule has 1 aromatic rings. The van der Waals surface area contributed by atoms with E-state index in [0.717, 1.165) is 5.71 Å². The summed E-state index contributed by atoms with van der Waals surface area (Å²) in [6, 6.07) is 8.38. The summed E-state index contributed by atoms with van der Waals surface area (Å²) >= 11 is 5.25. The van der Waals surface area contributed by atoms with Crippen molar-refractivity contribution in [1.29, 1.82) is 0 Å². The van der Waals surface area contributed by atoms with Crippen LogP contribution in [-0.4, -0.2) is 9.99 Å². The summed E-state index contributed by atoms with van der Waals surface area (Å²) in [4.78, 5) is 5.81. The molecule has 0 spiro atoms. The van der Waals surface area contributed by atoms with Crippen LogP contribution in [0.2, 0.25) is 0 Å². The number of fused-ring (bicyclic) bond motifs is 3. The molecule has 0 radical (unpaired) electrons. The highest BCUT2D eigenvalue weighted by Crippen LogP contribution is 2.42. The van der Waals surface area contributed by atoms with Gasteiger partial charge in [0.05, 0.1) is 5.71 Å². The number of benzene rings is 1. The number of hydrogen-bond donors (Lipinski definition) is 0. The van der Waals surface area contributed by atoms with Gasteiger partial charge in [0.15, 0.2) is 4.28 Å². The molecule has 64 valence electrons. The topological polar surface area (TPSA) is 12.4 Å². The summed E-state index contributed by atoms with van der Waals surface area (Å²) in [5.41, 5.74) is 3.72. The summed E-state index contributed by atoms with van der Waals surface area (Å²) in [6.45, 7) is 0. The Morgan fingerprint density at radius 2 is 2.15 bits per heavy atom. The summed E-state index contributed by atoms with van der Waals surface area (Å²) in [5.74, 6) is 0. The van der Waals surface area contributed by atoms with Gasteiger partial charge >= 0.3 is 0 Å². The van der Waals surface area contributed by atoms with Crippen molar-refractivity contribution in [2.75, 3.05) is 0 Å². The number of aliphatic imine (C=N–C) groups is 1. The maximum Gasteiger partial charge on any atom is 0.155 e. The third kappa shape index (κ3) is 1.11. The zero-order valence-corrected chi connectivity index (χ0v) is 9.10. The molecule has 13 heavy (non-hydrogen) atoms. The predicted molar refractivity (Wildman–Crippen MR) is 61.3 cm³/mol. The van der Waals surface area contributed by atoms with E-state index in [1.165, 1.54) is 16.0 Å². The molecule has 3 rings (SSSR count). The van der Waals surface area contributed by atoms with E-state index in [1.807, 2.05) is 0 Å². The molecule has 0 N–H and O–H groups in total. The van der Waals surface area contributed by atoms with E-state index in [-0.39, 0.29) is 4.28 Å². The fourth-order valence-corrected chi connectivity index (χ4v) is 3.28. The fourth-order valence-electron chi connectivity index (χ4n) is 1.64. The van der Waals surface area contributed by atoms with Crippen LogP contribution in [0.5, 0.6) is 0 Å². The van der Waals surface area contributed by atoms with Gasteiger partial charge in [0.25, 0.3) is 0 Å². The minimum Gasteiger partial charge on any atom is -0.257 e. The SMILES string of the molecule is BrC1N=C2C(=Cc3ccccc32)S1. The van der Waals surface area contributed by atoms with E-state index in [4.69, 9.17) is 0 Å². The standard InChI is InChI=1S/C10H6BrNS/c11-10-12-9-7-4-2-1-3-6(7)5-8(9)13-10/h1-5,10H. The van der Waals surface area contributed by atoms with Crippen molar-refractivity contribution in [3.05, 3.63) is 40.3 Å². The first-order valence-electron chi connectivity index (χ1n) is 4.04. The van der Waals surface area contributed by atoms with Gasteiger partial charge in [-0.05, 0) is 11.6 Å². The largest absolute Gasteiger partial charge is 0.257 e. The second-order valence-corrected chi connectivity index (χ2v) is 5.58. The fraction of sp³-hybridized carbons (Fsp3) is 0.100. The van der Waals surface area contributed by atoms with Gasteiger partial charge in [-0.1, -0.05) is 52.0 Å². The molecule has 3 heteroatoms. The normalized spacial score (nSPS) is 23.6. The number of halogens is 1. The molecular formula is C10H6BrNS. The molecule has 0 fully saturated rings. The molecule has 1 heterocycles. The lowest BCUT2D eigenvalue weighted by Gasteiger charge is -1.96. The smallest absolute Gasteiger partial charge is 0.155 e. The minimum atomic E-state index is 0.210. The van der Waals surface area contributed by atoms with Crippen LogP contribution in [-0.2, 0) is 0 Å². The molecule has 1 aliphatic heterocycles. The van der Waals surface area contributed by atoms with E-state index < -0.39 is 0 Å². The van der Waals surface area contributed by atoms with Crippen molar-refractivity contribution in [2.24, 2.45) is 4.99 Å². The Bertz CT molecular complexity index is 436. The van der Waals surface area contributed by atoms with Gasteiger partial charge in [-0.25, -0.2) is 0 Å². The highest BCUT2D eigenvalue weighted by atomic mass is 79.9. The van der Waals surface area contributed by atoms with Crippen molar-refractivity contribution < 1.29 is 0 Å². The van der Waals surface area contributed by atoms with Crippen LogP contribution in [0.25, 0.3) is 6.08 Å². The van der Waals surface area contributed by atoms with Crippen LogP contribution >= 0.6 is 27.7 Å². The number of allylic oxidation sites excluding steroid dienone is 1. The first-order valence-corrected chi connectivity index (χ1v) is 5.84. The Morgan fingerprint density at radius 3 is 3.08 bits per heavy atom. The molecule has 0 aromatic heterocycles. The summed E-state index contributed by atoms with van der Waals surface area (Å²) < 4.78 is 0.210. The molecule has 1 unspecified atom stereocenters. The van der Waals surface area contributed by atoms with Crippen LogP contribution in [0.3, 0.4) is 0 Å². The number of thioether (sulfide) groups is 1. The Morgan fingerprint density at radius 1 is 1.31 bits per heavy atom. The molecule has 1 aliphatic carbocycles. The van der Waals surface area contributed by atoms with Crippen molar-refractivity contribution in [3.63, 3.8) is 0 Å². The first-order chi connectivity index (χ1) is 6.34. The van der Waals surface area contributed by atoms with Crippen molar-refractivity contribution in [1.82, 2.24) is 0 Å². The molecule has 2 aliphatic rings. The highest BCUT2D eigenvalue weighted by molar-refractivity contribution is 9.11. The van der Waals surface area contributed by atoms with Crippen molar-refractivity contribution in [2.45, 2.75) is 4.28 Å². The van der Waals surface area contributed by atoms with E-state index in [0.29, 0.717) is 0 Å². The molecule has 0 saturated carbocycles. The summed E-state index contributed by atoms with van der Waals surface area (Å²) in [5, 5.41) is 0. The summed E-state index contributed by atoms with van der Waals surface area (Å²) in [7, 11) is 0. The number of rotatable bonds is 0. The quantitative estimate of drug-likeness (QED) is 0.510. The van der Waals surface area contributed by atoms with E-state index >= 15 is 0 Å². The van der Waals surface area contributed by atoms with Gasteiger partial charge in [0.1, 0.15) is 0 Å². The van der Waals surface area contributed by atoms with E-state index in [1.54, 1.807) is 11.8 Å². The molecule has 1 aromatic carbocycles. The average molecular weight is 252 g/mol. The monoisotopic (exact) mass is 251 g/mol. The lowest BCUT2D eigenvalue weighted by molar-refractivity contribution is 1.34. The maximum atomic E-state index is 4.52. The van der Waals surface area contributed by atoms with Crippen LogP contribution < -0.4 is 0 Å². The van der Waals surface area contributed by atoms with Crippen LogP contribution in [0.15, 0.2) is 34.2 Å². The molecule has 0 amide bonds. The number of alkyl halides is 1. The second kappa shape index (κ2) is 2.72. The van der Waals surface area contributed by atoms with Gasteiger partial charge < -0.3 is 0 Å². The third-order valence-corrected chi connectivity index (χ3v) is 3.82. The lowest BCUT2D eigenvalue weighted by atomic mass is 10.1. The molecule has 0 saturated heterocycles. The van der Waals surface area contributed by atoms with Crippen molar-refractivity contribution in [3.8, 4) is 0 Å². The Labute approximate surface area is 89.1 Å². The highest BCUT2D eigenvalue weighted by Gasteiger charge is 2.27. The summed E-state index contributed by atoms with van der Waals surface area (Å²) in [6.07, 6.45) is 2.21. The number of hydrogen-bond acceptors (Lipinski definition) is 2. The first kappa shape index (κ1) is 7.83. The molecule has 0 bridgehead atoms.